The van der Waals surface area contributed by atoms with E-state index in [0.29, 0.717) is 0 Å². The summed E-state index contributed by atoms with van der Waals surface area (Å²) in [6, 6.07) is 0. The molecule has 0 atom stereocenters. The van der Waals surface area contributed by atoms with E-state index in [9.17, 15) is 22.8 Å². The van der Waals surface area contributed by atoms with Gasteiger partial charge in [0.1, 0.15) is 5.69 Å². The average Bonchev–Trinajstić information content (AvgIpc) is 2.47. The number of nitrogens with one attached hydrogen (secondary N) is 1. The van der Waals surface area contributed by atoms with Crippen LogP contribution in [0.5, 0.6) is 0 Å². The largest absolute Gasteiger partial charge is 0.481 e. The maximum atomic E-state index is 12.9. The van der Waals surface area contributed by atoms with Gasteiger partial charge in [0.15, 0.2) is 11.0 Å². The molecule has 0 aromatic carbocycles. The quantitative estimate of drug-likeness (QED) is 0.798. The second-order valence-corrected chi connectivity index (χ2v) is 5.67. The van der Waals surface area contributed by atoms with Crippen LogP contribution < -0.4 is 10.2 Å². The fourth-order valence-corrected chi connectivity index (χ4v) is 2.61. The van der Waals surface area contributed by atoms with Gasteiger partial charge in [-0.2, -0.15) is 13.2 Å². The summed E-state index contributed by atoms with van der Waals surface area (Å²) < 4.78 is 38.7. The first-order valence-electron chi connectivity index (χ1n) is 6.99. The predicted octanol–water partition coefficient (Wildman–Crippen LogP) is 2.41. The van der Waals surface area contributed by atoms with Crippen LogP contribution in [-0.2, 0) is 15.8 Å². The molecule has 0 aliphatic carbocycles. The van der Waals surface area contributed by atoms with Crippen molar-refractivity contribution in [2.75, 3.05) is 23.3 Å². The van der Waals surface area contributed by atoms with Gasteiger partial charge in [0.2, 0.25) is 11.7 Å². The highest BCUT2D eigenvalue weighted by Gasteiger charge is 2.37. The van der Waals surface area contributed by atoms with Gasteiger partial charge in [-0.3, -0.25) is 9.59 Å². The number of hydrogen-bond donors (Lipinski definition) is 2. The smallest absolute Gasteiger partial charge is 0.451 e. The standard InChI is InChI=1S/C13H14ClF3N4O3/c1-6(22)18-8-9(14)19-12(13(15,16)17)20-10(8)21-4-2-7(3-5-21)11(23)24/h7H,2-5H2,1H3,(H,18,22)(H,23,24). The van der Waals surface area contributed by atoms with Crippen molar-refractivity contribution >= 4 is 35.0 Å². The summed E-state index contributed by atoms with van der Waals surface area (Å²) in [5.41, 5.74) is -0.119. The number of nitrogens with zero attached hydrogens (tertiary/aromatic N) is 3. The number of amides is 1. The van der Waals surface area contributed by atoms with Crippen LogP contribution >= 0.6 is 11.6 Å². The molecule has 2 rings (SSSR count). The minimum Gasteiger partial charge on any atom is -0.481 e. The first-order valence-corrected chi connectivity index (χ1v) is 7.37. The lowest BCUT2D eigenvalue weighted by molar-refractivity contribution is -0.145. The van der Waals surface area contributed by atoms with Gasteiger partial charge < -0.3 is 15.3 Å². The number of aliphatic carboxylic acids is 1. The van der Waals surface area contributed by atoms with Crippen LogP contribution in [0.4, 0.5) is 24.7 Å². The number of carboxylic acid groups (broad SMARTS) is 1. The van der Waals surface area contributed by atoms with E-state index in [-0.39, 0.29) is 37.4 Å². The van der Waals surface area contributed by atoms with Gasteiger partial charge in [-0.1, -0.05) is 11.6 Å². The van der Waals surface area contributed by atoms with Crippen LogP contribution in [0, 0.1) is 5.92 Å². The van der Waals surface area contributed by atoms with E-state index in [4.69, 9.17) is 16.7 Å². The second kappa shape index (κ2) is 6.80. The monoisotopic (exact) mass is 366 g/mol. The van der Waals surface area contributed by atoms with Crippen LogP contribution in [0.3, 0.4) is 0 Å². The van der Waals surface area contributed by atoms with Gasteiger partial charge in [-0.15, -0.1) is 0 Å². The predicted molar refractivity (Wildman–Crippen MR) is 78.9 cm³/mol. The van der Waals surface area contributed by atoms with Crippen molar-refractivity contribution in [1.29, 1.82) is 0 Å². The molecule has 2 N–H and O–H groups in total. The molecule has 1 aliphatic rings. The summed E-state index contributed by atoms with van der Waals surface area (Å²) in [4.78, 5) is 30.4. The Labute approximate surface area is 139 Å². The van der Waals surface area contributed by atoms with Crippen molar-refractivity contribution in [2.24, 2.45) is 5.92 Å². The third-order valence-corrected chi connectivity index (χ3v) is 3.82. The summed E-state index contributed by atoms with van der Waals surface area (Å²) in [5, 5.41) is 10.8. The van der Waals surface area contributed by atoms with Gasteiger partial charge in [-0.25, -0.2) is 9.97 Å². The summed E-state index contributed by atoms with van der Waals surface area (Å²) in [6.07, 6.45) is -4.30. The molecule has 2 heterocycles. The average molecular weight is 367 g/mol. The van der Waals surface area contributed by atoms with E-state index < -0.39 is 34.9 Å². The number of carbonyl (C=O) groups is 2. The molecule has 1 saturated heterocycles. The number of aromatic nitrogens is 2. The Kier molecular flexibility index (Phi) is 5.16. The van der Waals surface area contributed by atoms with E-state index in [2.05, 4.69) is 15.3 Å². The van der Waals surface area contributed by atoms with Crippen LogP contribution in [0.15, 0.2) is 0 Å². The number of piperidine rings is 1. The van der Waals surface area contributed by atoms with E-state index in [0.717, 1.165) is 0 Å². The lowest BCUT2D eigenvalue weighted by Gasteiger charge is -2.32. The van der Waals surface area contributed by atoms with Crippen molar-refractivity contribution in [3.63, 3.8) is 0 Å². The molecular formula is C13H14ClF3N4O3. The van der Waals surface area contributed by atoms with E-state index >= 15 is 0 Å². The lowest BCUT2D eigenvalue weighted by atomic mass is 9.97. The molecule has 0 saturated carbocycles. The molecule has 1 aromatic rings. The first kappa shape index (κ1) is 18.2. The zero-order valence-electron chi connectivity index (χ0n) is 12.5. The summed E-state index contributed by atoms with van der Waals surface area (Å²) >= 11 is 5.80. The SMILES string of the molecule is CC(=O)Nc1c(Cl)nc(C(F)(F)F)nc1N1CCC(C(=O)O)CC1. The fraction of sp³-hybridized carbons (Fsp3) is 0.538. The zero-order valence-corrected chi connectivity index (χ0v) is 13.3. The Hall–Kier alpha value is -2.10. The summed E-state index contributed by atoms with van der Waals surface area (Å²) in [7, 11) is 0. The third-order valence-electron chi connectivity index (χ3n) is 3.54. The molecule has 1 aromatic heterocycles. The normalized spacial score (nSPS) is 16.1. The third kappa shape index (κ3) is 4.05. The number of hydrogen-bond acceptors (Lipinski definition) is 5. The molecule has 0 radical (unpaired) electrons. The molecule has 1 fully saturated rings. The Bertz CT molecular complexity index is 661. The minimum absolute atomic E-state index is 0.119. The molecule has 11 heteroatoms. The van der Waals surface area contributed by atoms with Crippen molar-refractivity contribution < 1.29 is 27.9 Å². The second-order valence-electron chi connectivity index (χ2n) is 5.32. The number of halogens is 4. The molecule has 1 aliphatic heterocycles. The van der Waals surface area contributed by atoms with Crippen LogP contribution in [-0.4, -0.2) is 40.0 Å². The number of rotatable bonds is 3. The molecular weight excluding hydrogens is 353 g/mol. The van der Waals surface area contributed by atoms with Crippen molar-refractivity contribution in [2.45, 2.75) is 25.9 Å². The van der Waals surface area contributed by atoms with Gasteiger partial charge in [0.25, 0.3) is 0 Å². The highest BCUT2D eigenvalue weighted by molar-refractivity contribution is 6.33. The molecule has 24 heavy (non-hydrogen) atoms. The maximum absolute atomic E-state index is 12.9. The molecule has 1 amide bonds. The maximum Gasteiger partial charge on any atom is 0.451 e. The Morgan fingerprint density at radius 3 is 2.33 bits per heavy atom. The molecule has 0 bridgehead atoms. The number of anilines is 2. The number of alkyl halides is 3. The molecule has 7 nitrogen and oxygen atoms in total. The topological polar surface area (TPSA) is 95.4 Å². The molecule has 0 spiro atoms. The minimum atomic E-state index is -4.80. The lowest BCUT2D eigenvalue weighted by Crippen LogP contribution is -2.37. The van der Waals surface area contributed by atoms with E-state index in [1.807, 2.05) is 0 Å². The van der Waals surface area contributed by atoms with Gasteiger partial charge in [0.05, 0.1) is 5.92 Å². The van der Waals surface area contributed by atoms with Crippen molar-refractivity contribution in [1.82, 2.24) is 9.97 Å². The number of carboxylic acids is 1. The molecule has 132 valence electrons. The Morgan fingerprint density at radius 1 is 1.29 bits per heavy atom. The Balaban J connectivity index is 2.40. The summed E-state index contributed by atoms with van der Waals surface area (Å²) in [6.45, 7) is 1.52. The van der Waals surface area contributed by atoms with E-state index in [1.165, 1.54) is 11.8 Å². The van der Waals surface area contributed by atoms with Crippen molar-refractivity contribution in [3.8, 4) is 0 Å². The zero-order chi connectivity index (χ0) is 18.1. The number of carbonyl (C=O) groups excluding carboxylic acids is 1. The first-order chi connectivity index (χ1) is 11.1. The van der Waals surface area contributed by atoms with E-state index in [1.54, 1.807) is 0 Å². The van der Waals surface area contributed by atoms with Crippen molar-refractivity contribution in [3.05, 3.63) is 11.0 Å². The highest BCUT2D eigenvalue weighted by atomic mass is 35.5. The fourth-order valence-electron chi connectivity index (χ4n) is 2.40. The Morgan fingerprint density at radius 2 is 1.88 bits per heavy atom. The van der Waals surface area contributed by atoms with Gasteiger partial charge in [0, 0.05) is 20.0 Å². The van der Waals surface area contributed by atoms with Crippen LogP contribution in [0.25, 0.3) is 0 Å². The van der Waals surface area contributed by atoms with Gasteiger partial charge >= 0.3 is 12.1 Å². The van der Waals surface area contributed by atoms with Crippen LogP contribution in [0.1, 0.15) is 25.6 Å². The van der Waals surface area contributed by atoms with Crippen LogP contribution in [0.2, 0.25) is 5.15 Å². The summed E-state index contributed by atoms with van der Waals surface area (Å²) in [5.74, 6) is -3.64. The van der Waals surface area contributed by atoms with Gasteiger partial charge in [-0.05, 0) is 12.8 Å². The highest BCUT2D eigenvalue weighted by Crippen LogP contribution is 2.36. The molecule has 0 unspecified atom stereocenters.